The van der Waals surface area contributed by atoms with Gasteiger partial charge in [-0.3, -0.25) is 0 Å². The SMILES string of the molecule is CC1=CCC(=C(C)C)C=C1. The Kier molecular flexibility index (Phi) is 2.10. The van der Waals surface area contributed by atoms with Crippen molar-refractivity contribution in [2.75, 3.05) is 0 Å². The molecule has 1 rings (SSSR count). The minimum Gasteiger partial charge on any atom is -0.0772 e. The second-order valence-corrected chi connectivity index (χ2v) is 3.01. The van der Waals surface area contributed by atoms with Crippen molar-refractivity contribution in [2.24, 2.45) is 0 Å². The molecule has 0 aromatic rings. The van der Waals surface area contributed by atoms with Crippen molar-refractivity contribution >= 4 is 0 Å². The van der Waals surface area contributed by atoms with Gasteiger partial charge in [0.15, 0.2) is 0 Å². The van der Waals surface area contributed by atoms with Crippen molar-refractivity contribution in [1.82, 2.24) is 0 Å². The fourth-order valence-electron chi connectivity index (χ4n) is 1.01. The molecule has 0 nitrogen and oxygen atoms in total. The van der Waals surface area contributed by atoms with Crippen LogP contribution in [0.15, 0.2) is 34.9 Å². The molecular weight excluding hydrogens is 120 g/mol. The van der Waals surface area contributed by atoms with E-state index >= 15 is 0 Å². The van der Waals surface area contributed by atoms with Gasteiger partial charge in [0.25, 0.3) is 0 Å². The highest BCUT2D eigenvalue weighted by Gasteiger charge is 1.97. The molecule has 10 heavy (non-hydrogen) atoms. The quantitative estimate of drug-likeness (QED) is 0.477. The van der Waals surface area contributed by atoms with Crippen LogP contribution in [-0.4, -0.2) is 0 Å². The van der Waals surface area contributed by atoms with Gasteiger partial charge >= 0.3 is 0 Å². The fourth-order valence-corrected chi connectivity index (χ4v) is 1.01. The molecule has 0 fully saturated rings. The molecule has 0 radical (unpaired) electrons. The van der Waals surface area contributed by atoms with Gasteiger partial charge in [0, 0.05) is 0 Å². The summed E-state index contributed by atoms with van der Waals surface area (Å²) in [6.07, 6.45) is 7.77. The lowest BCUT2D eigenvalue weighted by Crippen LogP contribution is -1.86. The van der Waals surface area contributed by atoms with E-state index in [-0.39, 0.29) is 0 Å². The van der Waals surface area contributed by atoms with Crippen molar-refractivity contribution in [3.8, 4) is 0 Å². The van der Waals surface area contributed by atoms with E-state index in [4.69, 9.17) is 0 Å². The summed E-state index contributed by atoms with van der Waals surface area (Å²) in [6, 6.07) is 0. The van der Waals surface area contributed by atoms with Crippen molar-refractivity contribution in [1.29, 1.82) is 0 Å². The standard InChI is InChI=1S/C10H14/c1-8(2)10-6-4-9(3)5-7-10/h4-6H,7H2,1-3H3. The third kappa shape index (κ3) is 1.60. The first-order valence-corrected chi connectivity index (χ1v) is 3.71. The number of rotatable bonds is 0. The minimum absolute atomic E-state index is 1.12. The van der Waals surface area contributed by atoms with Gasteiger partial charge in [-0.15, -0.1) is 0 Å². The smallest absolute Gasteiger partial charge is 0.00924 e. The maximum atomic E-state index is 2.27. The number of hydrogen-bond acceptors (Lipinski definition) is 0. The minimum atomic E-state index is 1.12. The van der Waals surface area contributed by atoms with Crippen LogP contribution < -0.4 is 0 Å². The molecule has 0 saturated carbocycles. The summed E-state index contributed by atoms with van der Waals surface area (Å²) >= 11 is 0. The van der Waals surface area contributed by atoms with E-state index in [0.717, 1.165) is 6.42 Å². The van der Waals surface area contributed by atoms with Gasteiger partial charge in [-0.2, -0.15) is 0 Å². The summed E-state index contributed by atoms with van der Waals surface area (Å²) in [5, 5.41) is 0. The zero-order valence-corrected chi connectivity index (χ0v) is 6.94. The van der Waals surface area contributed by atoms with E-state index in [9.17, 15) is 0 Å². The summed E-state index contributed by atoms with van der Waals surface area (Å²) in [4.78, 5) is 0. The van der Waals surface area contributed by atoms with Gasteiger partial charge in [0.05, 0.1) is 0 Å². The molecule has 1 aliphatic rings. The predicted octanol–water partition coefficient (Wildman–Crippen LogP) is 3.23. The van der Waals surface area contributed by atoms with Crippen molar-refractivity contribution < 1.29 is 0 Å². The number of allylic oxidation sites excluding steroid dienone is 6. The first-order chi connectivity index (χ1) is 4.70. The zero-order valence-electron chi connectivity index (χ0n) is 6.94. The maximum Gasteiger partial charge on any atom is -0.00924 e. The predicted molar refractivity (Wildman–Crippen MR) is 45.9 cm³/mol. The lowest BCUT2D eigenvalue weighted by atomic mass is 10.00. The highest BCUT2D eigenvalue weighted by Crippen LogP contribution is 2.17. The Balaban J connectivity index is 2.79. The molecule has 0 aromatic heterocycles. The van der Waals surface area contributed by atoms with E-state index in [1.54, 1.807) is 0 Å². The first-order valence-electron chi connectivity index (χ1n) is 3.71. The lowest BCUT2D eigenvalue weighted by molar-refractivity contribution is 1.15. The molecule has 1 aliphatic carbocycles. The molecule has 0 unspecified atom stereocenters. The van der Waals surface area contributed by atoms with Crippen LogP contribution in [-0.2, 0) is 0 Å². The highest BCUT2D eigenvalue weighted by atomic mass is 14.0. The highest BCUT2D eigenvalue weighted by molar-refractivity contribution is 5.36. The van der Waals surface area contributed by atoms with Crippen LogP contribution in [0.1, 0.15) is 27.2 Å². The van der Waals surface area contributed by atoms with Crippen molar-refractivity contribution in [3.63, 3.8) is 0 Å². The lowest BCUT2D eigenvalue weighted by Gasteiger charge is -2.06. The van der Waals surface area contributed by atoms with Gasteiger partial charge in [-0.05, 0) is 32.8 Å². The summed E-state index contributed by atoms with van der Waals surface area (Å²) in [6.45, 7) is 6.46. The van der Waals surface area contributed by atoms with Gasteiger partial charge in [0.1, 0.15) is 0 Å². The van der Waals surface area contributed by atoms with Crippen LogP contribution >= 0.6 is 0 Å². The largest absolute Gasteiger partial charge is 0.0772 e. The Hall–Kier alpha value is -0.780. The third-order valence-electron chi connectivity index (χ3n) is 1.83. The molecule has 0 amide bonds. The average Bonchev–Trinajstić information content (AvgIpc) is 1.88. The zero-order chi connectivity index (χ0) is 7.56. The molecule has 0 aliphatic heterocycles. The Morgan fingerprint density at radius 3 is 2.40 bits per heavy atom. The van der Waals surface area contributed by atoms with Gasteiger partial charge in [0.2, 0.25) is 0 Å². The summed E-state index contributed by atoms with van der Waals surface area (Å²) < 4.78 is 0. The summed E-state index contributed by atoms with van der Waals surface area (Å²) in [5.74, 6) is 0. The molecule has 0 atom stereocenters. The first kappa shape index (κ1) is 7.33. The Morgan fingerprint density at radius 1 is 1.30 bits per heavy atom. The van der Waals surface area contributed by atoms with E-state index in [1.807, 2.05) is 0 Å². The van der Waals surface area contributed by atoms with Gasteiger partial charge in [-0.25, -0.2) is 0 Å². The monoisotopic (exact) mass is 134 g/mol. The topological polar surface area (TPSA) is 0 Å². The maximum absolute atomic E-state index is 2.27. The van der Waals surface area contributed by atoms with Crippen molar-refractivity contribution in [3.05, 3.63) is 34.9 Å². The fraction of sp³-hybridized carbons (Fsp3) is 0.400. The molecular formula is C10H14. The van der Waals surface area contributed by atoms with Crippen LogP contribution in [0.2, 0.25) is 0 Å². The van der Waals surface area contributed by atoms with Gasteiger partial charge in [-0.1, -0.05) is 29.4 Å². The Bertz CT molecular complexity index is 210. The normalized spacial score (nSPS) is 17.1. The van der Waals surface area contributed by atoms with Crippen LogP contribution in [0.3, 0.4) is 0 Å². The molecule has 0 spiro atoms. The van der Waals surface area contributed by atoms with E-state index in [0.29, 0.717) is 0 Å². The molecule has 0 aromatic carbocycles. The Labute approximate surface area is 62.9 Å². The molecule has 0 bridgehead atoms. The molecule has 0 saturated heterocycles. The number of hydrogen-bond donors (Lipinski definition) is 0. The molecule has 0 heterocycles. The summed E-state index contributed by atoms with van der Waals surface area (Å²) in [7, 11) is 0. The van der Waals surface area contributed by atoms with E-state index in [2.05, 4.69) is 39.0 Å². The molecule has 54 valence electrons. The average molecular weight is 134 g/mol. The van der Waals surface area contributed by atoms with Crippen LogP contribution in [0, 0.1) is 0 Å². The molecule has 0 N–H and O–H groups in total. The molecule has 0 heteroatoms. The van der Waals surface area contributed by atoms with Gasteiger partial charge < -0.3 is 0 Å². The van der Waals surface area contributed by atoms with Crippen LogP contribution in [0.5, 0.6) is 0 Å². The third-order valence-corrected chi connectivity index (χ3v) is 1.83. The second-order valence-electron chi connectivity index (χ2n) is 3.01. The van der Waals surface area contributed by atoms with Crippen LogP contribution in [0.4, 0.5) is 0 Å². The van der Waals surface area contributed by atoms with E-state index < -0.39 is 0 Å². The second kappa shape index (κ2) is 2.87. The van der Waals surface area contributed by atoms with Crippen LogP contribution in [0.25, 0.3) is 0 Å². The Morgan fingerprint density at radius 2 is 2.00 bits per heavy atom. The van der Waals surface area contributed by atoms with Crippen molar-refractivity contribution in [2.45, 2.75) is 27.2 Å². The van der Waals surface area contributed by atoms with E-state index in [1.165, 1.54) is 16.7 Å². The summed E-state index contributed by atoms with van der Waals surface area (Å²) in [5.41, 5.74) is 4.27.